The third kappa shape index (κ3) is 6.41. The van der Waals surface area contributed by atoms with E-state index in [4.69, 9.17) is 0 Å². The summed E-state index contributed by atoms with van der Waals surface area (Å²) in [5, 5.41) is 0. The van der Waals surface area contributed by atoms with E-state index >= 15 is 0 Å². The Balaban J connectivity index is 3.87. The SMILES string of the molecule is FC(F)(F)CCCCC(F)(F)C(F)(F)I. The Morgan fingerprint density at radius 3 is 1.47 bits per heavy atom. The molecule has 0 unspecified atom stereocenters. The van der Waals surface area contributed by atoms with Gasteiger partial charge < -0.3 is 0 Å². The molecule has 0 saturated heterocycles. The lowest BCUT2D eigenvalue weighted by Crippen LogP contribution is -2.34. The largest absolute Gasteiger partial charge is 0.389 e. The molecule has 0 aliphatic carbocycles. The van der Waals surface area contributed by atoms with Crippen molar-refractivity contribution in [3.63, 3.8) is 0 Å². The lowest BCUT2D eigenvalue weighted by Gasteiger charge is -2.21. The van der Waals surface area contributed by atoms with Gasteiger partial charge in [-0.05, 0) is 12.8 Å². The summed E-state index contributed by atoms with van der Waals surface area (Å²) >= 11 is 0.282. The Morgan fingerprint density at radius 1 is 0.733 bits per heavy atom. The smallest absolute Gasteiger partial charge is 0.199 e. The van der Waals surface area contributed by atoms with Crippen molar-refractivity contribution in [1.82, 2.24) is 0 Å². The van der Waals surface area contributed by atoms with Gasteiger partial charge in [-0.3, -0.25) is 0 Å². The first kappa shape index (κ1) is 15.2. The molecule has 0 saturated carbocycles. The summed E-state index contributed by atoms with van der Waals surface area (Å²) < 4.78 is 79.9. The summed E-state index contributed by atoms with van der Waals surface area (Å²) in [5.74, 6) is -4.25. The molecule has 0 nitrogen and oxygen atoms in total. The molecule has 0 N–H and O–H groups in total. The van der Waals surface area contributed by atoms with E-state index in [1.807, 2.05) is 0 Å². The highest BCUT2D eigenvalue weighted by molar-refractivity contribution is 14.1. The molecular formula is C7H8F7I. The monoisotopic (exact) mass is 352 g/mol. The van der Waals surface area contributed by atoms with Crippen LogP contribution in [0.3, 0.4) is 0 Å². The normalized spacial score (nSPS) is 14.4. The van der Waals surface area contributed by atoms with E-state index in [-0.39, 0.29) is 22.6 Å². The van der Waals surface area contributed by atoms with Crippen LogP contribution < -0.4 is 0 Å². The van der Waals surface area contributed by atoms with Crippen LogP contribution in [-0.4, -0.2) is 16.0 Å². The Morgan fingerprint density at radius 2 is 1.13 bits per heavy atom. The Labute approximate surface area is 95.3 Å². The molecule has 0 aromatic rings. The molecule has 15 heavy (non-hydrogen) atoms. The molecule has 0 spiro atoms. The van der Waals surface area contributed by atoms with Crippen molar-refractivity contribution in [3.8, 4) is 0 Å². The minimum absolute atomic E-state index is 0.282. The molecule has 0 atom stereocenters. The molecule has 92 valence electrons. The van der Waals surface area contributed by atoms with E-state index in [1.54, 1.807) is 0 Å². The molecule has 0 aliphatic heterocycles. The number of halogens is 8. The van der Waals surface area contributed by atoms with E-state index < -0.39 is 41.7 Å². The maximum absolute atomic E-state index is 12.5. The lowest BCUT2D eigenvalue weighted by atomic mass is 10.1. The lowest BCUT2D eigenvalue weighted by molar-refractivity contribution is -0.151. The zero-order valence-electron chi connectivity index (χ0n) is 7.35. The van der Waals surface area contributed by atoms with Gasteiger partial charge in [0.25, 0.3) is 0 Å². The predicted molar refractivity (Wildman–Crippen MR) is 48.4 cm³/mol. The fourth-order valence-electron chi connectivity index (χ4n) is 0.814. The van der Waals surface area contributed by atoms with Gasteiger partial charge in [-0.1, -0.05) is 0 Å². The minimum atomic E-state index is -4.43. The maximum atomic E-state index is 12.5. The average molecular weight is 352 g/mol. The molecule has 0 heterocycles. The second kappa shape index (κ2) is 5.05. The van der Waals surface area contributed by atoms with Gasteiger partial charge in [0, 0.05) is 35.4 Å². The van der Waals surface area contributed by atoms with Crippen molar-refractivity contribution in [3.05, 3.63) is 0 Å². The number of rotatable bonds is 5. The molecule has 0 amide bonds. The summed E-state index contributed by atoms with van der Waals surface area (Å²) in [6.07, 6.45) is -8.03. The van der Waals surface area contributed by atoms with Gasteiger partial charge in [0.2, 0.25) is 0 Å². The van der Waals surface area contributed by atoms with Crippen LogP contribution in [0.4, 0.5) is 30.7 Å². The first-order valence-electron chi connectivity index (χ1n) is 3.97. The van der Waals surface area contributed by atoms with Crippen molar-refractivity contribution < 1.29 is 30.7 Å². The van der Waals surface area contributed by atoms with Crippen LogP contribution >= 0.6 is 22.6 Å². The van der Waals surface area contributed by atoms with Crippen LogP contribution in [0.5, 0.6) is 0 Å². The summed E-state index contributed by atoms with van der Waals surface area (Å²) in [4.78, 5) is 0. The molecule has 0 aromatic heterocycles. The predicted octanol–water partition coefficient (Wildman–Crippen LogP) is 4.77. The number of alkyl halides is 8. The molecular weight excluding hydrogens is 344 g/mol. The Bertz CT molecular complexity index is 192. The van der Waals surface area contributed by atoms with Gasteiger partial charge in [0.05, 0.1) is 0 Å². The van der Waals surface area contributed by atoms with Crippen LogP contribution in [0.25, 0.3) is 0 Å². The Kier molecular flexibility index (Phi) is 5.13. The molecule has 0 rings (SSSR count). The van der Waals surface area contributed by atoms with Gasteiger partial charge in [-0.15, -0.1) is 0 Å². The average Bonchev–Trinajstić information content (AvgIpc) is 1.94. The molecule has 0 aromatic carbocycles. The van der Waals surface area contributed by atoms with Crippen LogP contribution in [0.1, 0.15) is 25.7 Å². The van der Waals surface area contributed by atoms with E-state index in [0.29, 0.717) is 0 Å². The minimum Gasteiger partial charge on any atom is -0.199 e. The number of hydrogen-bond acceptors (Lipinski definition) is 0. The van der Waals surface area contributed by atoms with Crippen LogP contribution in [0.2, 0.25) is 0 Å². The quantitative estimate of drug-likeness (QED) is 0.289. The second-order valence-corrected chi connectivity index (χ2v) is 4.38. The highest BCUT2D eigenvalue weighted by atomic mass is 127. The molecule has 0 bridgehead atoms. The highest BCUT2D eigenvalue weighted by Gasteiger charge is 2.53. The molecule has 0 fully saturated rings. The van der Waals surface area contributed by atoms with E-state index in [1.165, 1.54) is 0 Å². The summed E-state index contributed by atoms with van der Waals surface area (Å²) in [7, 11) is 0. The van der Waals surface area contributed by atoms with Crippen LogP contribution in [0, 0.1) is 0 Å². The molecule has 8 heteroatoms. The van der Waals surface area contributed by atoms with Gasteiger partial charge in [-0.25, -0.2) is 0 Å². The van der Waals surface area contributed by atoms with Crippen molar-refractivity contribution in [2.75, 3.05) is 0 Å². The second-order valence-electron chi connectivity index (χ2n) is 3.02. The van der Waals surface area contributed by atoms with Crippen molar-refractivity contribution in [1.29, 1.82) is 0 Å². The summed E-state index contributed by atoms with van der Waals surface area (Å²) in [6, 6.07) is 0. The zero-order chi connectivity index (χ0) is 12.3. The number of unbranched alkanes of at least 4 members (excludes halogenated alkanes) is 1. The van der Waals surface area contributed by atoms with Crippen molar-refractivity contribution in [2.24, 2.45) is 0 Å². The van der Waals surface area contributed by atoms with Gasteiger partial charge in [0.15, 0.2) is 0 Å². The maximum Gasteiger partial charge on any atom is 0.389 e. The van der Waals surface area contributed by atoms with Crippen LogP contribution in [-0.2, 0) is 0 Å². The summed E-state index contributed by atoms with van der Waals surface area (Å²) in [6.45, 7) is 0. The first-order valence-corrected chi connectivity index (χ1v) is 5.05. The highest BCUT2D eigenvalue weighted by Crippen LogP contribution is 2.43. The van der Waals surface area contributed by atoms with Crippen molar-refractivity contribution >= 4 is 22.6 Å². The van der Waals surface area contributed by atoms with E-state index in [0.717, 1.165) is 0 Å². The van der Waals surface area contributed by atoms with Gasteiger partial charge in [-0.2, -0.15) is 30.7 Å². The standard InChI is InChI=1S/C7H8F7I/c8-5(9,7(13,14)15)3-1-2-4-6(10,11)12/h1-4H2. The van der Waals surface area contributed by atoms with Gasteiger partial charge >= 0.3 is 16.0 Å². The first-order chi connectivity index (χ1) is 6.46. The van der Waals surface area contributed by atoms with Gasteiger partial charge in [0.1, 0.15) is 0 Å². The number of hydrogen-bond donors (Lipinski definition) is 0. The fourth-order valence-corrected chi connectivity index (χ4v) is 1.08. The third-order valence-corrected chi connectivity index (χ3v) is 2.40. The topological polar surface area (TPSA) is 0 Å². The van der Waals surface area contributed by atoms with E-state index in [9.17, 15) is 30.7 Å². The molecule has 0 radical (unpaired) electrons. The third-order valence-electron chi connectivity index (χ3n) is 1.62. The van der Waals surface area contributed by atoms with Crippen molar-refractivity contribution in [2.45, 2.75) is 41.7 Å². The summed E-state index contributed by atoms with van der Waals surface area (Å²) in [5.41, 5.74) is 0. The zero-order valence-corrected chi connectivity index (χ0v) is 9.51. The Hall–Kier alpha value is 0.240. The fraction of sp³-hybridized carbons (Fsp3) is 1.00. The van der Waals surface area contributed by atoms with E-state index in [2.05, 4.69) is 0 Å². The van der Waals surface area contributed by atoms with Crippen LogP contribution in [0.15, 0.2) is 0 Å². The molecule has 0 aliphatic rings.